The molecule has 2 fully saturated rings. The number of carbonyl (C=O) groups excluding carboxylic acids is 3. The average Bonchev–Trinajstić information content (AvgIpc) is 3.39. The topological polar surface area (TPSA) is 111 Å². The molecule has 210 valence electrons. The monoisotopic (exact) mass is 546 g/mol. The number of amides is 3. The zero-order valence-corrected chi connectivity index (χ0v) is 21.7. The summed E-state index contributed by atoms with van der Waals surface area (Å²) in [6.45, 7) is 1.09. The highest BCUT2D eigenvalue weighted by atomic mass is 19.4. The molecule has 2 aliphatic rings. The first kappa shape index (κ1) is 28.6. The number of aliphatic hydroxyl groups is 1. The first-order valence-corrected chi connectivity index (χ1v) is 13.0. The maximum atomic E-state index is 12.9. The molecule has 1 saturated carbocycles. The van der Waals surface area contributed by atoms with Gasteiger partial charge >= 0.3 is 6.18 Å². The van der Waals surface area contributed by atoms with E-state index in [1.807, 2.05) is 6.07 Å². The lowest BCUT2D eigenvalue weighted by Crippen LogP contribution is -2.45. The molecule has 1 saturated heterocycles. The summed E-state index contributed by atoms with van der Waals surface area (Å²) >= 11 is 0. The molecule has 1 atom stereocenters. The number of hydrogen-bond donors (Lipinski definition) is 4. The molecule has 0 spiro atoms. The van der Waals surface area contributed by atoms with Gasteiger partial charge < -0.3 is 21.1 Å². The van der Waals surface area contributed by atoms with Crippen molar-refractivity contribution in [3.8, 4) is 0 Å². The molecule has 2 aromatic rings. The van der Waals surface area contributed by atoms with Gasteiger partial charge in [0, 0.05) is 43.3 Å². The summed E-state index contributed by atoms with van der Waals surface area (Å²) in [6.07, 6.45) is -1.16. The predicted octanol–water partition coefficient (Wildman–Crippen LogP) is 2.82. The van der Waals surface area contributed by atoms with E-state index in [1.165, 1.54) is 6.07 Å². The first-order chi connectivity index (χ1) is 18.5. The molecule has 11 heteroatoms. The summed E-state index contributed by atoms with van der Waals surface area (Å²) in [5.41, 5.74) is -0.840. The molecule has 1 heterocycles. The molecule has 1 aliphatic heterocycles. The van der Waals surface area contributed by atoms with Crippen LogP contribution in [0.15, 0.2) is 48.5 Å². The Bertz CT molecular complexity index is 1210. The van der Waals surface area contributed by atoms with Crippen molar-refractivity contribution in [2.45, 2.75) is 56.0 Å². The highest BCUT2D eigenvalue weighted by molar-refractivity contribution is 5.96. The Morgan fingerprint density at radius 2 is 1.67 bits per heavy atom. The van der Waals surface area contributed by atoms with Crippen LogP contribution in [-0.4, -0.2) is 66.5 Å². The van der Waals surface area contributed by atoms with Gasteiger partial charge in [0.2, 0.25) is 5.91 Å². The third kappa shape index (κ3) is 6.96. The summed E-state index contributed by atoms with van der Waals surface area (Å²) < 4.78 is 38.6. The van der Waals surface area contributed by atoms with Gasteiger partial charge in [0.15, 0.2) is 0 Å². The Labute approximate surface area is 225 Å². The number of hydrogen-bond acceptors (Lipinski definition) is 5. The van der Waals surface area contributed by atoms with Crippen molar-refractivity contribution in [3.63, 3.8) is 0 Å². The number of nitrogens with zero attached hydrogens (tertiary/aromatic N) is 1. The highest BCUT2D eigenvalue weighted by Crippen LogP contribution is 2.39. The smallest absolute Gasteiger partial charge is 0.385 e. The third-order valence-electron chi connectivity index (χ3n) is 7.63. The minimum absolute atomic E-state index is 0.104. The lowest BCUT2D eigenvalue weighted by atomic mass is 9.77. The van der Waals surface area contributed by atoms with Crippen LogP contribution >= 0.6 is 0 Å². The Morgan fingerprint density at radius 3 is 2.33 bits per heavy atom. The Balaban J connectivity index is 1.23. The van der Waals surface area contributed by atoms with Crippen LogP contribution < -0.4 is 16.0 Å². The Kier molecular flexibility index (Phi) is 8.60. The van der Waals surface area contributed by atoms with Crippen molar-refractivity contribution < 1.29 is 32.7 Å². The summed E-state index contributed by atoms with van der Waals surface area (Å²) in [4.78, 5) is 38.9. The molecule has 4 N–H and O–H groups in total. The normalized spacial score (nSPS) is 23.7. The second kappa shape index (κ2) is 11.7. The van der Waals surface area contributed by atoms with E-state index >= 15 is 0 Å². The summed E-state index contributed by atoms with van der Waals surface area (Å²) in [6, 6.07) is 11.3. The van der Waals surface area contributed by atoms with Crippen LogP contribution in [0.1, 0.15) is 63.9 Å². The molecule has 0 aromatic heterocycles. The molecular formula is C28H33F3N4O4. The van der Waals surface area contributed by atoms with Crippen molar-refractivity contribution in [2.24, 2.45) is 0 Å². The number of likely N-dealkylation sites (tertiary alicyclic amines) is 1. The first-order valence-electron chi connectivity index (χ1n) is 13.0. The molecule has 39 heavy (non-hydrogen) atoms. The van der Waals surface area contributed by atoms with E-state index in [0.717, 1.165) is 49.6 Å². The largest absolute Gasteiger partial charge is 0.416 e. The van der Waals surface area contributed by atoms with E-state index in [4.69, 9.17) is 0 Å². The molecule has 0 bridgehead atoms. The zero-order chi connectivity index (χ0) is 28.2. The summed E-state index contributed by atoms with van der Waals surface area (Å²) in [7, 11) is 1.57. The fourth-order valence-corrected chi connectivity index (χ4v) is 5.44. The minimum Gasteiger partial charge on any atom is -0.385 e. The van der Waals surface area contributed by atoms with Gasteiger partial charge in [-0.15, -0.1) is 0 Å². The number of alkyl halides is 3. The Morgan fingerprint density at radius 1 is 1.00 bits per heavy atom. The van der Waals surface area contributed by atoms with Gasteiger partial charge in [-0.2, -0.15) is 13.2 Å². The van der Waals surface area contributed by atoms with Crippen molar-refractivity contribution >= 4 is 17.7 Å². The fourth-order valence-electron chi connectivity index (χ4n) is 5.44. The van der Waals surface area contributed by atoms with Crippen LogP contribution in [0.5, 0.6) is 0 Å². The molecule has 0 radical (unpaired) electrons. The predicted molar refractivity (Wildman–Crippen MR) is 138 cm³/mol. The molecule has 8 nitrogen and oxygen atoms in total. The van der Waals surface area contributed by atoms with Crippen LogP contribution in [0.25, 0.3) is 0 Å². The number of carbonyl (C=O) groups is 3. The fraction of sp³-hybridized carbons (Fsp3) is 0.464. The van der Waals surface area contributed by atoms with Crippen LogP contribution in [0.2, 0.25) is 0 Å². The molecule has 4 rings (SSSR count). The van der Waals surface area contributed by atoms with E-state index in [1.54, 1.807) is 25.2 Å². The summed E-state index contributed by atoms with van der Waals surface area (Å²) in [5.74, 6) is -1.36. The van der Waals surface area contributed by atoms with Gasteiger partial charge in [-0.3, -0.25) is 19.3 Å². The van der Waals surface area contributed by atoms with E-state index < -0.39 is 29.2 Å². The van der Waals surface area contributed by atoms with Crippen LogP contribution in [0.4, 0.5) is 13.2 Å². The van der Waals surface area contributed by atoms with Crippen molar-refractivity contribution in [2.75, 3.05) is 26.7 Å². The van der Waals surface area contributed by atoms with E-state index in [9.17, 15) is 32.7 Å². The molecular weight excluding hydrogens is 513 g/mol. The maximum Gasteiger partial charge on any atom is 0.416 e. The van der Waals surface area contributed by atoms with Crippen LogP contribution in [0, 0.1) is 0 Å². The standard InChI is InChI=1S/C28H33F3N4O4/c1-32-25(37)18-4-2-6-20(14-18)27(39)11-8-23(9-12-27)35-13-10-22(17-35)34-24(36)16-33-26(38)19-5-3-7-21(15-19)28(29,30)31/h2-7,14-15,22-23,39H,8-13,16-17H2,1H3,(H,32,37)(H,33,38)(H,34,36)/t22-,23?,27?/m1/s1. The lowest BCUT2D eigenvalue weighted by molar-refractivity contribution is -0.137. The van der Waals surface area contributed by atoms with Crippen molar-refractivity contribution in [3.05, 3.63) is 70.8 Å². The van der Waals surface area contributed by atoms with Gasteiger partial charge in [0.1, 0.15) is 0 Å². The molecule has 1 aliphatic carbocycles. The van der Waals surface area contributed by atoms with Gasteiger partial charge in [-0.1, -0.05) is 18.2 Å². The van der Waals surface area contributed by atoms with Gasteiger partial charge in [0.05, 0.1) is 17.7 Å². The number of benzene rings is 2. The molecule has 0 unspecified atom stereocenters. The van der Waals surface area contributed by atoms with Crippen LogP contribution in [-0.2, 0) is 16.6 Å². The van der Waals surface area contributed by atoms with Gasteiger partial charge in [-0.25, -0.2) is 0 Å². The van der Waals surface area contributed by atoms with Gasteiger partial charge in [0.25, 0.3) is 11.8 Å². The highest BCUT2D eigenvalue weighted by Gasteiger charge is 2.39. The van der Waals surface area contributed by atoms with Crippen molar-refractivity contribution in [1.82, 2.24) is 20.9 Å². The van der Waals surface area contributed by atoms with Crippen LogP contribution in [0.3, 0.4) is 0 Å². The number of halogens is 3. The zero-order valence-electron chi connectivity index (χ0n) is 21.7. The van der Waals surface area contributed by atoms with Crippen molar-refractivity contribution in [1.29, 1.82) is 0 Å². The Hall–Kier alpha value is -3.44. The average molecular weight is 547 g/mol. The third-order valence-corrected chi connectivity index (χ3v) is 7.63. The SMILES string of the molecule is CNC(=O)c1cccc(C2(O)CCC(N3CC[C@@H](NC(=O)CNC(=O)c4cccc(C(F)(F)F)c4)C3)CC2)c1. The second-order valence-corrected chi connectivity index (χ2v) is 10.2. The number of rotatable bonds is 7. The van der Waals surface area contributed by atoms with E-state index in [0.29, 0.717) is 24.9 Å². The van der Waals surface area contributed by atoms with Gasteiger partial charge in [-0.05, 0) is 68.0 Å². The van der Waals surface area contributed by atoms with E-state index in [2.05, 4.69) is 20.9 Å². The minimum atomic E-state index is -4.56. The molecule has 2 aromatic carbocycles. The number of nitrogens with one attached hydrogen (secondary N) is 3. The maximum absolute atomic E-state index is 12.9. The summed E-state index contributed by atoms with van der Waals surface area (Å²) in [5, 5.41) is 19.2. The quantitative estimate of drug-likeness (QED) is 0.427. The van der Waals surface area contributed by atoms with E-state index in [-0.39, 0.29) is 30.1 Å². The second-order valence-electron chi connectivity index (χ2n) is 10.2. The molecule has 3 amide bonds. The lowest BCUT2D eigenvalue weighted by Gasteiger charge is -2.40.